The highest BCUT2D eigenvalue weighted by molar-refractivity contribution is 5.53. The summed E-state index contributed by atoms with van der Waals surface area (Å²) in [4.78, 5) is 0. The van der Waals surface area contributed by atoms with Crippen LogP contribution >= 0.6 is 0 Å². The van der Waals surface area contributed by atoms with E-state index in [1.807, 2.05) is 0 Å². The minimum absolute atomic E-state index is 0.117. The summed E-state index contributed by atoms with van der Waals surface area (Å²) in [6.45, 7) is -0.632. The number of nitrogens with two attached hydrogens (primary N) is 1. The number of alkyl halides is 3. The molecule has 0 amide bonds. The summed E-state index contributed by atoms with van der Waals surface area (Å²) >= 11 is 0. The fourth-order valence-electron chi connectivity index (χ4n) is 1.66. The summed E-state index contributed by atoms with van der Waals surface area (Å²) in [6, 6.07) is 0.799. The predicted molar refractivity (Wildman–Crippen MR) is 58.6 cm³/mol. The van der Waals surface area contributed by atoms with E-state index >= 15 is 0 Å². The number of benzene rings is 1. The van der Waals surface area contributed by atoms with Gasteiger partial charge in [-0.1, -0.05) is 0 Å². The van der Waals surface area contributed by atoms with Gasteiger partial charge >= 0.3 is 6.18 Å². The molecule has 1 atom stereocenters. The van der Waals surface area contributed by atoms with Crippen LogP contribution in [-0.2, 0) is 6.18 Å². The van der Waals surface area contributed by atoms with Crippen LogP contribution in [0.5, 0.6) is 11.5 Å². The highest BCUT2D eigenvalue weighted by Gasteiger charge is 2.37. The van der Waals surface area contributed by atoms with Gasteiger partial charge in [-0.25, -0.2) is 0 Å². The molecule has 3 N–H and O–H groups in total. The third-order valence-corrected chi connectivity index (χ3v) is 2.46. The first-order valence-corrected chi connectivity index (χ1v) is 5.05. The average molecular weight is 265 g/mol. The van der Waals surface area contributed by atoms with Crippen molar-refractivity contribution in [2.24, 2.45) is 5.73 Å². The number of hydrogen-bond acceptors (Lipinski definition) is 4. The summed E-state index contributed by atoms with van der Waals surface area (Å²) in [6.07, 6.45) is -4.58. The molecule has 1 unspecified atom stereocenters. The van der Waals surface area contributed by atoms with Crippen LogP contribution in [0.4, 0.5) is 13.2 Å². The minimum atomic E-state index is -4.58. The van der Waals surface area contributed by atoms with Gasteiger partial charge in [0, 0.05) is 5.56 Å². The monoisotopic (exact) mass is 265 g/mol. The number of aliphatic hydroxyl groups is 1. The van der Waals surface area contributed by atoms with E-state index in [4.69, 9.17) is 20.3 Å². The van der Waals surface area contributed by atoms with Gasteiger partial charge in [-0.2, -0.15) is 13.2 Å². The molecule has 1 rings (SSSR count). The molecule has 0 fully saturated rings. The van der Waals surface area contributed by atoms with E-state index in [9.17, 15) is 13.2 Å². The fourth-order valence-corrected chi connectivity index (χ4v) is 1.66. The Hall–Kier alpha value is -1.47. The lowest BCUT2D eigenvalue weighted by Crippen LogP contribution is -2.21. The molecule has 1 aromatic carbocycles. The van der Waals surface area contributed by atoms with Crippen LogP contribution in [0.2, 0.25) is 0 Å². The number of rotatable bonds is 4. The molecule has 0 aliphatic heterocycles. The molecule has 0 bridgehead atoms. The molecule has 0 aromatic heterocycles. The molecule has 102 valence electrons. The molecule has 0 radical (unpaired) electrons. The molecular formula is C11H14F3NO3. The number of aliphatic hydroxyl groups excluding tert-OH is 1. The summed E-state index contributed by atoms with van der Waals surface area (Å²) in [5.41, 5.74) is 4.25. The molecular weight excluding hydrogens is 251 g/mol. The molecule has 0 saturated carbocycles. The average Bonchev–Trinajstić information content (AvgIpc) is 2.34. The van der Waals surface area contributed by atoms with Crippen LogP contribution in [0.25, 0.3) is 0 Å². The number of ether oxygens (including phenoxy) is 2. The predicted octanol–water partition coefficient (Wildman–Crippen LogP) is 1.71. The maximum Gasteiger partial charge on any atom is 0.416 e. The summed E-state index contributed by atoms with van der Waals surface area (Å²) < 4.78 is 48.4. The largest absolute Gasteiger partial charge is 0.493 e. The van der Waals surface area contributed by atoms with E-state index in [0.717, 1.165) is 12.1 Å². The molecule has 0 aliphatic rings. The Morgan fingerprint density at radius 2 is 1.89 bits per heavy atom. The maximum atomic E-state index is 12.9. The van der Waals surface area contributed by atoms with Crippen LogP contribution in [0.1, 0.15) is 17.2 Å². The molecule has 0 heterocycles. The lowest BCUT2D eigenvalue weighted by Gasteiger charge is -2.21. The Balaban J connectivity index is 3.54. The van der Waals surface area contributed by atoms with Crippen LogP contribution in [-0.4, -0.2) is 25.9 Å². The first-order valence-electron chi connectivity index (χ1n) is 5.05. The van der Waals surface area contributed by atoms with Gasteiger partial charge in [0.1, 0.15) is 0 Å². The second-order valence-electron chi connectivity index (χ2n) is 3.55. The van der Waals surface area contributed by atoms with E-state index in [1.165, 1.54) is 14.2 Å². The van der Waals surface area contributed by atoms with Crippen molar-refractivity contribution in [3.63, 3.8) is 0 Å². The van der Waals surface area contributed by atoms with E-state index in [1.54, 1.807) is 0 Å². The standard InChI is InChI=1S/C11H14F3NO3/c1-17-8-4-3-6(11(12,13)14)9(7(15)5-16)10(8)18-2/h3-4,7,16H,5,15H2,1-2H3. The quantitative estimate of drug-likeness (QED) is 0.870. The Morgan fingerprint density at radius 3 is 2.28 bits per heavy atom. The second kappa shape index (κ2) is 5.45. The number of hydrogen-bond donors (Lipinski definition) is 2. The van der Waals surface area contributed by atoms with Crippen molar-refractivity contribution in [3.05, 3.63) is 23.3 Å². The summed E-state index contributed by atoms with van der Waals surface area (Å²) in [7, 11) is 2.52. The molecule has 18 heavy (non-hydrogen) atoms. The first-order chi connectivity index (χ1) is 8.36. The van der Waals surface area contributed by atoms with Gasteiger partial charge in [-0.05, 0) is 12.1 Å². The van der Waals surface area contributed by atoms with Crippen molar-refractivity contribution in [2.75, 3.05) is 20.8 Å². The van der Waals surface area contributed by atoms with E-state index in [0.29, 0.717) is 0 Å². The van der Waals surface area contributed by atoms with Crippen LogP contribution < -0.4 is 15.2 Å². The molecule has 0 spiro atoms. The van der Waals surface area contributed by atoms with Crippen molar-refractivity contribution in [3.8, 4) is 11.5 Å². The van der Waals surface area contributed by atoms with E-state index in [-0.39, 0.29) is 17.1 Å². The topological polar surface area (TPSA) is 64.7 Å². The van der Waals surface area contributed by atoms with Gasteiger partial charge in [0.15, 0.2) is 11.5 Å². The molecule has 7 heteroatoms. The van der Waals surface area contributed by atoms with Gasteiger partial charge in [0.05, 0.1) is 32.4 Å². The third kappa shape index (κ3) is 2.68. The highest BCUT2D eigenvalue weighted by Crippen LogP contribution is 2.43. The molecule has 4 nitrogen and oxygen atoms in total. The molecule has 0 aliphatic carbocycles. The van der Waals surface area contributed by atoms with Gasteiger partial charge in [0.2, 0.25) is 0 Å². The van der Waals surface area contributed by atoms with Gasteiger partial charge in [-0.15, -0.1) is 0 Å². The minimum Gasteiger partial charge on any atom is -0.493 e. The fraction of sp³-hybridized carbons (Fsp3) is 0.455. The SMILES string of the molecule is COc1ccc(C(F)(F)F)c(C(N)CO)c1OC. The van der Waals surface area contributed by atoms with E-state index < -0.39 is 24.4 Å². The summed E-state index contributed by atoms with van der Waals surface area (Å²) in [5.74, 6) is 0.0123. The van der Waals surface area contributed by atoms with Gasteiger partial charge < -0.3 is 20.3 Å². The Bertz CT molecular complexity index is 421. The molecule has 0 saturated heterocycles. The highest BCUT2D eigenvalue weighted by atomic mass is 19.4. The lowest BCUT2D eigenvalue weighted by molar-refractivity contribution is -0.138. The first kappa shape index (κ1) is 14.6. The third-order valence-electron chi connectivity index (χ3n) is 2.46. The Morgan fingerprint density at radius 1 is 1.28 bits per heavy atom. The number of methoxy groups -OCH3 is 2. The maximum absolute atomic E-state index is 12.9. The van der Waals surface area contributed by atoms with Gasteiger partial charge in [-0.3, -0.25) is 0 Å². The van der Waals surface area contributed by atoms with Crippen molar-refractivity contribution >= 4 is 0 Å². The van der Waals surface area contributed by atoms with Crippen molar-refractivity contribution in [1.82, 2.24) is 0 Å². The normalized spacial score (nSPS) is 13.3. The van der Waals surface area contributed by atoms with Crippen LogP contribution in [0.3, 0.4) is 0 Å². The summed E-state index contributed by atoms with van der Waals surface area (Å²) in [5, 5.41) is 8.97. The van der Waals surface area contributed by atoms with Crippen molar-refractivity contribution < 1.29 is 27.8 Å². The molecule has 1 aromatic rings. The van der Waals surface area contributed by atoms with Crippen molar-refractivity contribution in [1.29, 1.82) is 0 Å². The van der Waals surface area contributed by atoms with Crippen LogP contribution in [0.15, 0.2) is 12.1 Å². The zero-order chi connectivity index (χ0) is 13.9. The van der Waals surface area contributed by atoms with Crippen molar-refractivity contribution in [2.45, 2.75) is 12.2 Å². The van der Waals surface area contributed by atoms with Gasteiger partial charge in [0.25, 0.3) is 0 Å². The zero-order valence-corrected chi connectivity index (χ0v) is 9.91. The second-order valence-corrected chi connectivity index (χ2v) is 3.55. The van der Waals surface area contributed by atoms with Crippen LogP contribution in [0, 0.1) is 0 Å². The smallest absolute Gasteiger partial charge is 0.416 e. The number of halogens is 3. The Labute approximate surface area is 102 Å². The Kier molecular flexibility index (Phi) is 4.42. The zero-order valence-electron chi connectivity index (χ0n) is 9.91. The lowest BCUT2D eigenvalue weighted by atomic mass is 9.99. The van der Waals surface area contributed by atoms with E-state index in [2.05, 4.69) is 0 Å².